The number of carbonyl (C=O) groups excluding carboxylic acids is 2. The molecule has 9 heteroatoms. The lowest BCUT2D eigenvalue weighted by Crippen LogP contribution is -2.33. The van der Waals surface area contributed by atoms with Crippen LogP contribution in [0.25, 0.3) is 17.1 Å². The first-order valence-electron chi connectivity index (χ1n) is 9.39. The van der Waals surface area contributed by atoms with Crippen LogP contribution in [0, 0.1) is 0 Å². The molecule has 0 atom stereocenters. The third-order valence-corrected chi connectivity index (χ3v) is 6.02. The Balaban J connectivity index is 1.68. The van der Waals surface area contributed by atoms with Gasteiger partial charge in [0.05, 0.1) is 17.9 Å². The monoisotopic (exact) mass is 442 g/mol. The number of amides is 2. The summed E-state index contributed by atoms with van der Waals surface area (Å²) < 4.78 is 7.10. The summed E-state index contributed by atoms with van der Waals surface area (Å²) in [5, 5.41) is 9.73. The van der Waals surface area contributed by atoms with Crippen LogP contribution >= 0.6 is 23.4 Å². The van der Waals surface area contributed by atoms with Crippen molar-refractivity contribution in [3.63, 3.8) is 0 Å². The van der Waals surface area contributed by atoms with Gasteiger partial charge in [-0.05, 0) is 42.8 Å². The van der Waals surface area contributed by atoms with E-state index >= 15 is 0 Å². The first-order chi connectivity index (χ1) is 14.6. The number of halogens is 1. The van der Waals surface area contributed by atoms with Crippen LogP contribution in [0.1, 0.15) is 12.8 Å². The fraction of sp³-hybridized carbons (Fsp3) is 0.238. The fourth-order valence-corrected chi connectivity index (χ4v) is 4.31. The SMILES string of the molecule is COc1ccc(-n2c(SCC(=O)N3CCCC3=O)nnc2-c2ccccc2Cl)cc1. The van der Waals surface area contributed by atoms with Crippen LogP contribution in [0.5, 0.6) is 5.75 Å². The lowest BCUT2D eigenvalue weighted by Gasteiger charge is -2.14. The minimum Gasteiger partial charge on any atom is -0.497 e. The Morgan fingerprint density at radius 3 is 2.60 bits per heavy atom. The van der Waals surface area contributed by atoms with Crippen LogP contribution in [0.15, 0.2) is 53.7 Å². The van der Waals surface area contributed by atoms with E-state index in [1.54, 1.807) is 13.2 Å². The van der Waals surface area contributed by atoms with E-state index < -0.39 is 0 Å². The second-order valence-corrected chi connectivity index (χ2v) is 8.00. The van der Waals surface area contributed by atoms with Gasteiger partial charge in [-0.15, -0.1) is 10.2 Å². The largest absolute Gasteiger partial charge is 0.497 e. The first kappa shape index (κ1) is 20.4. The van der Waals surface area contributed by atoms with Gasteiger partial charge in [0.15, 0.2) is 11.0 Å². The van der Waals surface area contributed by atoms with Crippen molar-refractivity contribution >= 4 is 35.2 Å². The number of hydrogen-bond acceptors (Lipinski definition) is 6. The second-order valence-electron chi connectivity index (χ2n) is 6.65. The highest BCUT2D eigenvalue weighted by Crippen LogP contribution is 2.32. The van der Waals surface area contributed by atoms with Crippen molar-refractivity contribution in [3.05, 3.63) is 53.6 Å². The summed E-state index contributed by atoms with van der Waals surface area (Å²) in [5.41, 5.74) is 1.54. The summed E-state index contributed by atoms with van der Waals surface area (Å²) in [6.07, 6.45) is 1.14. The maximum absolute atomic E-state index is 12.5. The molecule has 2 heterocycles. The van der Waals surface area contributed by atoms with Gasteiger partial charge in [0, 0.05) is 24.2 Å². The number of imide groups is 1. The molecule has 1 fully saturated rings. The van der Waals surface area contributed by atoms with Crippen LogP contribution in [-0.2, 0) is 9.59 Å². The van der Waals surface area contributed by atoms with E-state index in [0.29, 0.717) is 35.4 Å². The van der Waals surface area contributed by atoms with E-state index in [4.69, 9.17) is 16.3 Å². The number of benzene rings is 2. The third kappa shape index (κ3) is 4.06. The topological polar surface area (TPSA) is 77.3 Å². The van der Waals surface area contributed by atoms with E-state index in [9.17, 15) is 9.59 Å². The van der Waals surface area contributed by atoms with Crippen molar-refractivity contribution in [2.24, 2.45) is 0 Å². The molecule has 2 amide bonds. The maximum atomic E-state index is 12.5. The smallest absolute Gasteiger partial charge is 0.239 e. The highest BCUT2D eigenvalue weighted by Gasteiger charge is 2.27. The van der Waals surface area contributed by atoms with Crippen LogP contribution in [-0.4, -0.2) is 50.9 Å². The predicted molar refractivity (Wildman–Crippen MR) is 115 cm³/mol. The van der Waals surface area contributed by atoms with Crippen molar-refractivity contribution in [3.8, 4) is 22.8 Å². The minimum absolute atomic E-state index is 0.0998. The maximum Gasteiger partial charge on any atom is 0.239 e. The molecule has 0 unspecified atom stereocenters. The summed E-state index contributed by atoms with van der Waals surface area (Å²) in [5.74, 6) is 1.06. The van der Waals surface area contributed by atoms with Gasteiger partial charge in [0.2, 0.25) is 11.8 Å². The zero-order chi connectivity index (χ0) is 21.1. The molecule has 4 rings (SSSR count). The van der Waals surface area contributed by atoms with Crippen LogP contribution in [0.4, 0.5) is 0 Å². The summed E-state index contributed by atoms with van der Waals surface area (Å²) in [6.45, 7) is 0.480. The Labute approximate surface area is 183 Å². The van der Waals surface area contributed by atoms with E-state index in [1.165, 1.54) is 16.7 Å². The number of aromatic nitrogens is 3. The van der Waals surface area contributed by atoms with E-state index in [-0.39, 0.29) is 17.6 Å². The van der Waals surface area contributed by atoms with Crippen LogP contribution in [0.2, 0.25) is 5.02 Å². The Morgan fingerprint density at radius 2 is 1.93 bits per heavy atom. The normalized spacial score (nSPS) is 13.7. The van der Waals surface area contributed by atoms with Gasteiger partial charge in [-0.25, -0.2) is 0 Å². The average Bonchev–Trinajstić information content (AvgIpc) is 3.38. The lowest BCUT2D eigenvalue weighted by molar-refractivity contribution is -0.140. The number of nitrogens with zero attached hydrogens (tertiary/aromatic N) is 4. The Bertz CT molecular complexity index is 1080. The molecule has 2 aromatic carbocycles. The van der Waals surface area contributed by atoms with Gasteiger partial charge in [0.1, 0.15) is 5.75 Å². The Kier molecular flexibility index (Phi) is 6.06. The number of carbonyl (C=O) groups is 2. The van der Waals surface area contributed by atoms with Gasteiger partial charge in [-0.2, -0.15) is 0 Å². The molecule has 1 aliphatic rings. The molecule has 1 aromatic heterocycles. The summed E-state index contributed by atoms with van der Waals surface area (Å²) in [7, 11) is 1.61. The van der Waals surface area contributed by atoms with E-state index in [1.807, 2.05) is 47.0 Å². The standard InChI is InChI=1S/C21H19ClN4O3S/c1-29-15-10-8-14(9-11-15)26-20(16-5-2-3-6-17(16)22)23-24-21(26)30-13-19(28)25-12-4-7-18(25)27/h2-3,5-6,8-11H,4,7,12-13H2,1H3. The molecule has 0 radical (unpaired) electrons. The summed E-state index contributed by atoms with van der Waals surface area (Å²) in [4.78, 5) is 25.6. The molecule has 1 aliphatic heterocycles. The Hall–Kier alpha value is -2.84. The predicted octanol–water partition coefficient (Wildman–Crippen LogP) is 3.84. The molecule has 0 saturated carbocycles. The molecule has 154 valence electrons. The lowest BCUT2D eigenvalue weighted by atomic mass is 10.2. The number of rotatable bonds is 6. The first-order valence-corrected chi connectivity index (χ1v) is 10.8. The van der Waals surface area contributed by atoms with Crippen molar-refractivity contribution in [2.45, 2.75) is 18.0 Å². The van der Waals surface area contributed by atoms with Gasteiger partial charge in [0.25, 0.3) is 0 Å². The fourth-order valence-electron chi connectivity index (χ4n) is 3.26. The van der Waals surface area contributed by atoms with Crippen molar-refractivity contribution in [1.82, 2.24) is 19.7 Å². The second kappa shape index (κ2) is 8.89. The molecular formula is C21H19ClN4O3S. The number of ether oxygens (including phenoxy) is 1. The van der Waals surface area contributed by atoms with Crippen molar-refractivity contribution in [1.29, 1.82) is 0 Å². The molecule has 3 aromatic rings. The third-order valence-electron chi connectivity index (χ3n) is 4.78. The zero-order valence-corrected chi connectivity index (χ0v) is 17.8. The molecule has 0 N–H and O–H groups in total. The van der Waals surface area contributed by atoms with Crippen molar-refractivity contribution in [2.75, 3.05) is 19.4 Å². The van der Waals surface area contributed by atoms with Crippen LogP contribution in [0.3, 0.4) is 0 Å². The Morgan fingerprint density at radius 1 is 1.17 bits per heavy atom. The molecule has 1 saturated heterocycles. The highest BCUT2D eigenvalue weighted by atomic mass is 35.5. The summed E-state index contributed by atoms with van der Waals surface area (Å²) >= 11 is 7.64. The molecule has 30 heavy (non-hydrogen) atoms. The van der Waals surface area contributed by atoms with Gasteiger partial charge >= 0.3 is 0 Å². The van der Waals surface area contributed by atoms with E-state index in [2.05, 4.69) is 10.2 Å². The minimum atomic E-state index is -0.217. The van der Waals surface area contributed by atoms with Gasteiger partial charge in [-0.1, -0.05) is 35.5 Å². The van der Waals surface area contributed by atoms with Crippen molar-refractivity contribution < 1.29 is 14.3 Å². The number of methoxy groups -OCH3 is 1. The number of thioether (sulfide) groups is 1. The molecular weight excluding hydrogens is 424 g/mol. The number of hydrogen-bond donors (Lipinski definition) is 0. The quantitative estimate of drug-likeness (QED) is 0.540. The zero-order valence-electron chi connectivity index (χ0n) is 16.2. The molecule has 0 bridgehead atoms. The summed E-state index contributed by atoms with van der Waals surface area (Å²) in [6, 6.07) is 14.8. The van der Waals surface area contributed by atoms with Gasteiger partial charge < -0.3 is 4.74 Å². The van der Waals surface area contributed by atoms with E-state index in [0.717, 1.165) is 17.0 Å². The molecule has 0 spiro atoms. The van der Waals surface area contributed by atoms with Crippen LogP contribution < -0.4 is 4.74 Å². The average molecular weight is 443 g/mol. The highest BCUT2D eigenvalue weighted by molar-refractivity contribution is 7.99. The molecule has 0 aliphatic carbocycles. The number of likely N-dealkylation sites (tertiary alicyclic amines) is 1. The molecule has 7 nitrogen and oxygen atoms in total. The van der Waals surface area contributed by atoms with Gasteiger partial charge in [-0.3, -0.25) is 19.1 Å².